The van der Waals surface area contributed by atoms with Crippen LogP contribution in [-0.2, 0) is 14.3 Å². The predicted octanol–water partition coefficient (Wildman–Crippen LogP) is 1.88. The van der Waals surface area contributed by atoms with Crippen molar-refractivity contribution in [3.63, 3.8) is 0 Å². The molecule has 29 heavy (non-hydrogen) atoms. The summed E-state index contributed by atoms with van der Waals surface area (Å²) in [5.41, 5.74) is -0.809. The normalized spacial score (nSPS) is 21.8. The first kappa shape index (κ1) is 25.2. The Morgan fingerprint density at radius 2 is 1.93 bits per heavy atom. The fraction of sp³-hybridized carbons (Fsp3) is 0.833. The molecule has 1 rings (SSSR count). The maximum atomic E-state index is 13.0. The predicted molar refractivity (Wildman–Crippen MR) is 98.5 cm³/mol. The van der Waals surface area contributed by atoms with E-state index >= 15 is 0 Å². The summed E-state index contributed by atoms with van der Waals surface area (Å²) in [7, 11) is 1.64. The third-order valence-electron chi connectivity index (χ3n) is 4.63. The van der Waals surface area contributed by atoms with Crippen molar-refractivity contribution < 1.29 is 37.4 Å². The highest BCUT2D eigenvalue weighted by molar-refractivity contribution is 5.74. The zero-order valence-electron chi connectivity index (χ0n) is 17.2. The molecule has 0 aromatic carbocycles. The SMILES string of the molecule is CN1C(CCN(CC(C=O)NC(=O)OC(C)(C)C)CC(F)(F)F)CCC1C(=O)O. The van der Waals surface area contributed by atoms with Crippen molar-refractivity contribution in [3.05, 3.63) is 0 Å². The minimum atomic E-state index is -4.48. The summed E-state index contributed by atoms with van der Waals surface area (Å²) in [6, 6.07) is -1.98. The van der Waals surface area contributed by atoms with Gasteiger partial charge < -0.3 is 20.0 Å². The number of likely N-dealkylation sites (N-methyl/N-ethyl adjacent to an activating group) is 1. The van der Waals surface area contributed by atoms with E-state index in [1.54, 1.807) is 32.7 Å². The Kier molecular flexibility index (Phi) is 8.88. The molecule has 0 radical (unpaired) electrons. The molecule has 0 saturated carbocycles. The molecule has 1 aliphatic rings. The monoisotopic (exact) mass is 425 g/mol. The Labute approximate surface area is 168 Å². The molecule has 3 atom stereocenters. The molecule has 0 aliphatic carbocycles. The van der Waals surface area contributed by atoms with Crippen LogP contribution in [0.1, 0.15) is 40.0 Å². The van der Waals surface area contributed by atoms with Gasteiger partial charge in [0, 0.05) is 19.1 Å². The number of aliphatic carboxylic acids is 1. The lowest BCUT2D eigenvalue weighted by atomic mass is 10.1. The van der Waals surface area contributed by atoms with Crippen molar-refractivity contribution >= 4 is 18.3 Å². The number of likely N-dealkylation sites (tertiary alicyclic amines) is 1. The zero-order chi connectivity index (χ0) is 22.4. The second-order valence-corrected chi connectivity index (χ2v) is 8.28. The Morgan fingerprint density at radius 1 is 1.31 bits per heavy atom. The highest BCUT2D eigenvalue weighted by atomic mass is 19.4. The van der Waals surface area contributed by atoms with Gasteiger partial charge in [-0.25, -0.2) is 4.79 Å². The van der Waals surface area contributed by atoms with Crippen LogP contribution in [0.5, 0.6) is 0 Å². The highest BCUT2D eigenvalue weighted by Gasteiger charge is 2.36. The zero-order valence-corrected chi connectivity index (χ0v) is 17.2. The lowest BCUT2D eigenvalue weighted by Crippen LogP contribution is -2.49. The number of hydrogen-bond acceptors (Lipinski definition) is 6. The van der Waals surface area contributed by atoms with E-state index in [2.05, 4.69) is 5.32 Å². The van der Waals surface area contributed by atoms with E-state index in [4.69, 9.17) is 9.84 Å². The van der Waals surface area contributed by atoms with Gasteiger partial charge >= 0.3 is 18.2 Å². The van der Waals surface area contributed by atoms with Crippen LogP contribution in [-0.4, -0.2) is 89.8 Å². The van der Waals surface area contributed by atoms with Gasteiger partial charge in [0.15, 0.2) is 0 Å². The summed E-state index contributed by atoms with van der Waals surface area (Å²) in [6.45, 7) is 3.30. The minimum Gasteiger partial charge on any atom is -0.480 e. The van der Waals surface area contributed by atoms with Crippen molar-refractivity contribution in [2.45, 2.75) is 69.9 Å². The van der Waals surface area contributed by atoms with Crippen LogP contribution in [0.2, 0.25) is 0 Å². The molecule has 1 heterocycles. The molecular weight excluding hydrogens is 395 g/mol. The molecule has 0 aromatic rings. The summed E-state index contributed by atoms with van der Waals surface area (Å²) in [6.07, 6.45) is -3.68. The van der Waals surface area contributed by atoms with E-state index < -0.39 is 42.5 Å². The molecule has 168 valence electrons. The van der Waals surface area contributed by atoms with Crippen molar-refractivity contribution in [2.75, 3.05) is 26.7 Å². The summed E-state index contributed by atoms with van der Waals surface area (Å²) in [5, 5.41) is 11.4. The van der Waals surface area contributed by atoms with Gasteiger partial charge in [0.2, 0.25) is 0 Å². The Hall–Kier alpha value is -1.88. The van der Waals surface area contributed by atoms with Crippen LogP contribution in [0.4, 0.5) is 18.0 Å². The standard InChI is InChI=1S/C18H30F3N3O5/c1-17(2,3)29-16(28)22-12(10-25)9-24(11-18(19,20)21)8-7-13-5-6-14(15(26)27)23(13)4/h10,12-14H,5-9,11H2,1-4H3,(H,22,28)(H,26,27). The van der Waals surface area contributed by atoms with Gasteiger partial charge in [-0.3, -0.25) is 14.6 Å². The van der Waals surface area contributed by atoms with Crippen molar-refractivity contribution in [2.24, 2.45) is 0 Å². The number of halogens is 3. The van der Waals surface area contributed by atoms with Gasteiger partial charge in [0.05, 0.1) is 6.54 Å². The third-order valence-corrected chi connectivity index (χ3v) is 4.63. The summed E-state index contributed by atoms with van der Waals surface area (Å²) >= 11 is 0. The Balaban J connectivity index is 2.70. The number of alkyl halides is 3. The lowest BCUT2D eigenvalue weighted by molar-refractivity contribution is -0.147. The van der Waals surface area contributed by atoms with Gasteiger partial charge in [0.1, 0.15) is 24.0 Å². The van der Waals surface area contributed by atoms with Crippen LogP contribution in [0.25, 0.3) is 0 Å². The van der Waals surface area contributed by atoms with E-state index in [-0.39, 0.29) is 19.1 Å². The molecule has 1 fully saturated rings. The number of alkyl carbamates (subject to hydrolysis) is 1. The first-order chi connectivity index (χ1) is 13.2. The molecule has 1 aliphatic heterocycles. The van der Waals surface area contributed by atoms with Crippen molar-refractivity contribution in [3.8, 4) is 0 Å². The van der Waals surface area contributed by atoms with Crippen molar-refractivity contribution in [1.29, 1.82) is 0 Å². The van der Waals surface area contributed by atoms with Crippen LogP contribution < -0.4 is 5.32 Å². The molecule has 1 saturated heterocycles. The van der Waals surface area contributed by atoms with E-state index in [9.17, 15) is 27.6 Å². The lowest BCUT2D eigenvalue weighted by Gasteiger charge is -2.30. The van der Waals surface area contributed by atoms with E-state index in [1.165, 1.54) is 0 Å². The number of rotatable bonds is 9. The van der Waals surface area contributed by atoms with Crippen LogP contribution in [0, 0.1) is 0 Å². The molecule has 1 amide bonds. The van der Waals surface area contributed by atoms with Crippen molar-refractivity contribution in [1.82, 2.24) is 15.1 Å². The molecule has 8 nitrogen and oxygen atoms in total. The first-order valence-corrected chi connectivity index (χ1v) is 9.40. The van der Waals surface area contributed by atoms with E-state index in [0.717, 1.165) is 4.90 Å². The molecule has 11 heteroatoms. The maximum absolute atomic E-state index is 13.0. The number of nitrogens with zero attached hydrogens (tertiary/aromatic N) is 2. The second-order valence-electron chi connectivity index (χ2n) is 8.28. The molecule has 0 bridgehead atoms. The third kappa shape index (κ3) is 9.44. The molecule has 3 unspecified atom stereocenters. The van der Waals surface area contributed by atoms with E-state index in [1.807, 2.05) is 0 Å². The largest absolute Gasteiger partial charge is 0.480 e. The molecular formula is C18H30F3N3O5. The fourth-order valence-electron chi connectivity index (χ4n) is 3.34. The second kappa shape index (κ2) is 10.2. The van der Waals surface area contributed by atoms with Gasteiger partial charge in [-0.2, -0.15) is 13.2 Å². The number of nitrogens with one attached hydrogen (secondary N) is 1. The number of hydrogen-bond donors (Lipinski definition) is 2. The number of aldehydes is 1. The van der Waals surface area contributed by atoms with Crippen LogP contribution in [0.15, 0.2) is 0 Å². The average molecular weight is 425 g/mol. The minimum absolute atomic E-state index is 0.00118. The first-order valence-electron chi connectivity index (χ1n) is 9.40. The summed E-state index contributed by atoms with van der Waals surface area (Å²) in [5.74, 6) is -0.954. The Morgan fingerprint density at radius 3 is 2.38 bits per heavy atom. The Bertz CT molecular complexity index is 580. The summed E-state index contributed by atoms with van der Waals surface area (Å²) in [4.78, 5) is 37.0. The van der Waals surface area contributed by atoms with Crippen LogP contribution >= 0.6 is 0 Å². The van der Waals surface area contributed by atoms with E-state index in [0.29, 0.717) is 25.5 Å². The van der Waals surface area contributed by atoms with Crippen LogP contribution in [0.3, 0.4) is 0 Å². The fourth-order valence-corrected chi connectivity index (χ4v) is 3.34. The number of carboxylic acid groups (broad SMARTS) is 1. The van der Waals surface area contributed by atoms with Gasteiger partial charge in [0.25, 0.3) is 0 Å². The number of carbonyl (C=O) groups is 3. The van der Waals surface area contributed by atoms with Gasteiger partial charge in [-0.1, -0.05) is 0 Å². The quantitative estimate of drug-likeness (QED) is 0.544. The maximum Gasteiger partial charge on any atom is 0.408 e. The van der Waals surface area contributed by atoms with Gasteiger partial charge in [-0.15, -0.1) is 0 Å². The average Bonchev–Trinajstić information content (AvgIpc) is 2.89. The number of ether oxygens (including phenoxy) is 1. The topological polar surface area (TPSA) is 99.2 Å². The highest BCUT2D eigenvalue weighted by Crippen LogP contribution is 2.25. The molecule has 0 aromatic heterocycles. The number of amides is 1. The van der Waals surface area contributed by atoms with Gasteiger partial charge in [-0.05, 0) is 47.1 Å². The summed E-state index contributed by atoms with van der Waals surface area (Å²) < 4.78 is 43.9. The molecule has 2 N–H and O–H groups in total. The number of carbonyl (C=O) groups excluding carboxylic acids is 2. The number of carboxylic acids is 1. The molecule has 0 spiro atoms. The smallest absolute Gasteiger partial charge is 0.408 e.